The molecule has 27 heavy (non-hydrogen) atoms. The highest BCUT2D eigenvalue weighted by atomic mass is 79.9. The topological polar surface area (TPSA) is 56.8 Å². The molecule has 0 saturated heterocycles. The van der Waals surface area contributed by atoms with Gasteiger partial charge in [-0.1, -0.05) is 13.8 Å². The van der Waals surface area contributed by atoms with Gasteiger partial charge in [0.15, 0.2) is 0 Å². The quantitative estimate of drug-likeness (QED) is 0.524. The first-order chi connectivity index (χ1) is 13.0. The molecule has 0 saturated carbocycles. The zero-order chi connectivity index (χ0) is 19.6. The van der Waals surface area contributed by atoms with Gasteiger partial charge in [0.2, 0.25) is 0 Å². The van der Waals surface area contributed by atoms with Crippen molar-refractivity contribution in [1.29, 1.82) is 0 Å². The summed E-state index contributed by atoms with van der Waals surface area (Å²) in [5.74, 6) is 1.90. The number of anilines is 1. The second-order valence-electron chi connectivity index (χ2n) is 6.50. The molecular formula is C21H26BrNO4. The Kier molecular flexibility index (Phi) is 8.61. The lowest BCUT2D eigenvalue weighted by Crippen LogP contribution is -2.12. The molecule has 0 spiro atoms. The van der Waals surface area contributed by atoms with E-state index in [0.29, 0.717) is 42.7 Å². The van der Waals surface area contributed by atoms with Crippen LogP contribution in [0, 0.1) is 5.92 Å². The van der Waals surface area contributed by atoms with Gasteiger partial charge in [-0.2, -0.15) is 0 Å². The minimum atomic E-state index is -0.187. The number of carbonyl (C=O) groups excluding carboxylic acids is 1. The molecule has 0 aliphatic rings. The predicted molar refractivity (Wildman–Crippen MR) is 111 cm³/mol. The number of benzene rings is 2. The van der Waals surface area contributed by atoms with Crippen LogP contribution >= 0.6 is 15.9 Å². The molecule has 146 valence electrons. The van der Waals surface area contributed by atoms with Crippen LogP contribution in [0.5, 0.6) is 11.5 Å². The maximum atomic E-state index is 12.4. The number of amides is 1. The van der Waals surface area contributed by atoms with Crippen LogP contribution in [0.1, 0.15) is 30.6 Å². The van der Waals surface area contributed by atoms with Crippen LogP contribution in [0.25, 0.3) is 0 Å². The molecule has 0 aliphatic heterocycles. The van der Waals surface area contributed by atoms with E-state index in [0.717, 1.165) is 16.6 Å². The van der Waals surface area contributed by atoms with Gasteiger partial charge in [-0.05, 0) is 70.7 Å². The summed E-state index contributed by atoms with van der Waals surface area (Å²) < 4.78 is 16.9. The number of nitrogens with one attached hydrogen (secondary N) is 1. The zero-order valence-corrected chi connectivity index (χ0v) is 17.5. The summed E-state index contributed by atoms with van der Waals surface area (Å²) in [6.45, 7) is 5.98. The third-order valence-electron chi connectivity index (χ3n) is 3.82. The van der Waals surface area contributed by atoms with Crippen LogP contribution in [0.15, 0.2) is 46.9 Å². The van der Waals surface area contributed by atoms with Crippen molar-refractivity contribution < 1.29 is 19.0 Å². The maximum Gasteiger partial charge on any atom is 0.255 e. The third kappa shape index (κ3) is 7.23. The zero-order valence-electron chi connectivity index (χ0n) is 16.0. The SMILES string of the molecule is COCCOc1ccc(C(=O)Nc2ccc(OCCC(C)C)cc2)cc1Br. The highest BCUT2D eigenvalue weighted by Crippen LogP contribution is 2.26. The van der Waals surface area contributed by atoms with Crippen molar-refractivity contribution in [3.05, 3.63) is 52.5 Å². The highest BCUT2D eigenvalue weighted by molar-refractivity contribution is 9.10. The van der Waals surface area contributed by atoms with Gasteiger partial charge in [0.05, 0.1) is 17.7 Å². The molecule has 0 fully saturated rings. The normalized spacial score (nSPS) is 10.7. The van der Waals surface area contributed by atoms with Crippen LogP contribution in [0.2, 0.25) is 0 Å². The van der Waals surface area contributed by atoms with E-state index in [1.165, 1.54) is 0 Å². The van der Waals surface area contributed by atoms with E-state index in [4.69, 9.17) is 14.2 Å². The lowest BCUT2D eigenvalue weighted by molar-refractivity contribution is 0.102. The van der Waals surface area contributed by atoms with Crippen molar-refractivity contribution in [2.75, 3.05) is 32.2 Å². The van der Waals surface area contributed by atoms with E-state index in [-0.39, 0.29) is 5.91 Å². The minimum absolute atomic E-state index is 0.187. The number of hydrogen-bond donors (Lipinski definition) is 1. The average Bonchev–Trinajstić information content (AvgIpc) is 2.64. The second-order valence-corrected chi connectivity index (χ2v) is 7.35. The Labute approximate surface area is 169 Å². The van der Waals surface area contributed by atoms with Gasteiger partial charge < -0.3 is 19.5 Å². The van der Waals surface area contributed by atoms with Crippen molar-refractivity contribution in [1.82, 2.24) is 0 Å². The smallest absolute Gasteiger partial charge is 0.255 e. The summed E-state index contributed by atoms with van der Waals surface area (Å²) in [6.07, 6.45) is 1.01. The molecule has 2 rings (SSSR count). The number of ether oxygens (including phenoxy) is 3. The number of carbonyl (C=O) groups is 1. The summed E-state index contributed by atoms with van der Waals surface area (Å²) in [4.78, 5) is 12.4. The molecule has 0 unspecified atom stereocenters. The number of hydrogen-bond acceptors (Lipinski definition) is 4. The molecule has 1 N–H and O–H groups in total. The highest BCUT2D eigenvalue weighted by Gasteiger charge is 2.10. The Morgan fingerprint density at radius 3 is 2.41 bits per heavy atom. The lowest BCUT2D eigenvalue weighted by Gasteiger charge is -2.11. The van der Waals surface area contributed by atoms with Crippen LogP contribution in [0.3, 0.4) is 0 Å². The first kappa shape index (κ1) is 21.3. The molecular weight excluding hydrogens is 410 g/mol. The van der Waals surface area contributed by atoms with Gasteiger partial charge in [0.1, 0.15) is 18.1 Å². The van der Waals surface area contributed by atoms with Crippen molar-refractivity contribution in [2.24, 2.45) is 5.92 Å². The fourth-order valence-electron chi connectivity index (χ4n) is 2.24. The molecule has 0 bridgehead atoms. The van der Waals surface area contributed by atoms with Crippen molar-refractivity contribution >= 4 is 27.5 Å². The van der Waals surface area contributed by atoms with Gasteiger partial charge in [-0.15, -0.1) is 0 Å². The third-order valence-corrected chi connectivity index (χ3v) is 4.43. The van der Waals surface area contributed by atoms with E-state index in [1.807, 2.05) is 24.3 Å². The Morgan fingerprint density at radius 1 is 1.04 bits per heavy atom. The summed E-state index contributed by atoms with van der Waals surface area (Å²) >= 11 is 3.43. The van der Waals surface area contributed by atoms with E-state index in [9.17, 15) is 4.79 Å². The molecule has 0 aromatic heterocycles. The lowest BCUT2D eigenvalue weighted by atomic mass is 10.1. The van der Waals surface area contributed by atoms with Crippen molar-refractivity contribution in [2.45, 2.75) is 20.3 Å². The molecule has 2 aromatic carbocycles. The molecule has 6 heteroatoms. The van der Waals surface area contributed by atoms with E-state index < -0.39 is 0 Å². The van der Waals surface area contributed by atoms with Gasteiger partial charge in [0.25, 0.3) is 5.91 Å². The Bertz CT molecular complexity index is 731. The summed E-state index contributed by atoms with van der Waals surface area (Å²) in [5.41, 5.74) is 1.26. The molecule has 5 nitrogen and oxygen atoms in total. The van der Waals surface area contributed by atoms with Crippen LogP contribution in [-0.4, -0.2) is 32.8 Å². The first-order valence-electron chi connectivity index (χ1n) is 8.95. The molecule has 0 aliphatic carbocycles. The Morgan fingerprint density at radius 2 is 1.78 bits per heavy atom. The van der Waals surface area contributed by atoms with Gasteiger partial charge >= 0.3 is 0 Å². The number of halogens is 1. The summed E-state index contributed by atoms with van der Waals surface area (Å²) in [7, 11) is 1.62. The average molecular weight is 436 g/mol. The fourth-order valence-corrected chi connectivity index (χ4v) is 2.74. The first-order valence-corrected chi connectivity index (χ1v) is 9.74. The molecule has 2 aromatic rings. The summed E-state index contributed by atoms with van der Waals surface area (Å²) in [5, 5.41) is 2.88. The summed E-state index contributed by atoms with van der Waals surface area (Å²) in [6, 6.07) is 12.6. The van der Waals surface area contributed by atoms with Crippen molar-refractivity contribution in [3.63, 3.8) is 0 Å². The maximum absolute atomic E-state index is 12.4. The molecule has 0 radical (unpaired) electrons. The second kappa shape index (κ2) is 10.9. The Balaban J connectivity index is 1.91. The van der Waals surface area contributed by atoms with Crippen molar-refractivity contribution in [3.8, 4) is 11.5 Å². The van der Waals surface area contributed by atoms with E-state index >= 15 is 0 Å². The number of rotatable bonds is 10. The molecule has 0 atom stereocenters. The fraction of sp³-hybridized carbons (Fsp3) is 0.381. The molecule has 0 heterocycles. The minimum Gasteiger partial charge on any atom is -0.494 e. The molecule has 1 amide bonds. The van der Waals surface area contributed by atoms with Gasteiger partial charge in [-0.25, -0.2) is 0 Å². The standard InChI is InChI=1S/C21H26BrNO4/c1-15(2)10-11-26-18-7-5-17(6-8-18)23-21(24)16-4-9-20(19(22)14-16)27-13-12-25-3/h4-9,14-15H,10-13H2,1-3H3,(H,23,24). The van der Waals surface area contributed by atoms with Crippen LogP contribution < -0.4 is 14.8 Å². The monoisotopic (exact) mass is 435 g/mol. The van der Waals surface area contributed by atoms with Gasteiger partial charge in [-0.3, -0.25) is 4.79 Å². The Hall–Kier alpha value is -2.05. The van der Waals surface area contributed by atoms with Crippen LogP contribution in [0.4, 0.5) is 5.69 Å². The van der Waals surface area contributed by atoms with E-state index in [1.54, 1.807) is 25.3 Å². The van der Waals surface area contributed by atoms with Crippen LogP contribution in [-0.2, 0) is 4.74 Å². The predicted octanol–water partition coefficient (Wildman–Crippen LogP) is 5.15. The van der Waals surface area contributed by atoms with E-state index in [2.05, 4.69) is 35.1 Å². The largest absolute Gasteiger partial charge is 0.494 e. The number of methoxy groups -OCH3 is 1. The van der Waals surface area contributed by atoms with Gasteiger partial charge in [0, 0.05) is 18.4 Å².